The quantitative estimate of drug-likeness (QED) is 0.668. The van der Waals surface area contributed by atoms with Crippen LogP contribution in [-0.2, 0) is 6.42 Å². The van der Waals surface area contributed by atoms with E-state index in [-0.39, 0.29) is 0 Å². The topological polar surface area (TPSA) is 12.9 Å². The first-order valence-corrected chi connectivity index (χ1v) is 7.07. The third-order valence-corrected chi connectivity index (χ3v) is 3.70. The van der Waals surface area contributed by atoms with Gasteiger partial charge in [-0.25, -0.2) is 4.98 Å². The summed E-state index contributed by atoms with van der Waals surface area (Å²) in [5.74, 6) is 0. The van der Waals surface area contributed by atoms with Gasteiger partial charge in [0.2, 0.25) is 0 Å². The van der Waals surface area contributed by atoms with Crippen LogP contribution in [0.2, 0.25) is 0 Å². The Morgan fingerprint density at radius 2 is 1.88 bits per heavy atom. The lowest BCUT2D eigenvalue weighted by atomic mass is 10.1. The number of hydrogen-bond acceptors (Lipinski definition) is 2. The summed E-state index contributed by atoms with van der Waals surface area (Å²) in [7, 11) is 0. The molecule has 1 nitrogen and oxygen atoms in total. The predicted octanol–water partition coefficient (Wildman–Crippen LogP) is 4.75. The van der Waals surface area contributed by atoms with E-state index >= 15 is 0 Å². The van der Waals surface area contributed by atoms with Crippen LogP contribution >= 0.6 is 11.3 Å². The minimum absolute atomic E-state index is 1.05. The van der Waals surface area contributed by atoms with E-state index in [1.165, 1.54) is 30.5 Å². The standard InChI is InChI=1S/C15H18NS/c1-2-3-4-8-11-14-12-17-15(16-14)13-9-6-5-7-10-13/h5-7,9-10,12H,1-4,8,11H2. The second-order valence-corrected chi connectivity index (χ2v) is 5.03. The molecule has 1 aromatic carbocycles. The third kappa shape index (κ3) is 3.67. The van der Waals surface area contributed by atoms with E-state index in [0.717, 1.165) is 17.8 Å². The van der Waals surface area contributed by atoms with Gasteiger partial charge in [-0.05, 0) is 12.8 Å². The number of benzene rings is 1. The van der Waals surface area contributed by atoms with E-state index in [1.807, 2.05) is 6.07 Å². The molecule has 17 heavy (non-hydrogen) atoms. The van der Waals surface area contributed by atoms with Crippen LogP contribution in [0.25, 0.3) is 10.6 Å². The third-order valence-electron chi connectivity index (χ3n) is 2.76. The van der Waals surface area contributed by atoms with E-state index in [2.05, 4.69) is 41.6 Å². The van der Waals surface area contributed by atoms with Crippen molar-refractivity contribution in [1.29, 1.82) is 0 Å². The Balaban J connectivity index is 1.92. The Bertz CT molecular complexity index is 433. The van der Waals surface area contributed by atoms with Gasteiger partial charge in [0.25, 0.3) is 0 Å². The number of rotatable bonds is 6. The molecule has 0 aliphatic heterocycles. The summed E-state index contributed by atoms with van der Waals surface area (Å²) >= 11 is 1.74. The second kappa shape index (κ2) is 6.55. The molecule has 0 atom stereocenters. The molecule has 0 N–H and O–H groups in total. The molecule has 0 aliphatic carbocycles. The Kier molecular flexibility index (Phi) is 4.75. The number of hydrogen-bond donors (Lipinski definition) is 0. The fourth-order valence-corrected chi connectivity index (χ4v) is 2.66. The normalized spacial score (nSPS) is 10.6. The van der Waals surface area contributed by atoms with Crippen LogP contribution in [0.5, 0.6) is 0 Å². The van der Waals surface area contributed by atoms with E-state index in [4.69, 9.17) is 0 Å². The molecule has 2 heteroatoms. The molecule has 0 saturated heterocycles. The van der Waals surface area contributed by atoms with Gasteiger partial charge in [-0.3, -0.25) is 0 Å². The first-order chi connectivity index (χ1) is 8.40. The van der Waals surface area contributed by atoms with Gasteiger partial charge in [-0.15, -0.1) is 11.3 Å². The van der Waals surface area contributed by atoms with Gasteiger partial charge >= 0.3 is 0 Å². The fraction of sp³-hybridized carbons (Fsp3) is 0.333. The lowest BCUT2D eigenvalue weighted by Gasteiger charge is -1.97. The van der Waals surface area contributed by atoms with Gasteiger partial charge in [-0.1, -0.05) is 56.5 Å². The van der Waals surface area contributed by atoms with Crippen LogP contribution in [0.3, 0.4) is 0 Å². The molecule has 0 saturated carbocycles. The highest BCUT2D eigenvalue weighted by Crippen LogP contribution is 2.23. The molecule has 0 fully saturated rings. The van der Waals surface area contributed by atoms with Crippen molar-refractivity contribution in [3.8, 4) is 10.6 Å². The molecule has 1 radical (unpaired) electrons. The minimum atomic E-state index is 1.05. The van der Waals surface area contributed by atoms with Crippen molar-refractivity contribution in [2.45, 2.75) is 32.1 Å². The zero-order valence-corrected chi connectivity index (χ0v) is 10.9. The Morgan fingerprint density at radius 3 is 2.65 bits per heavy atom. The smallest absolute Gasteiger partial charge is 0.123 e. The SMILES string of the molecule is [CH2]CCCCCc1csc(-c2ccccc2)n1. The highest BCUT2D eigenvalue weighted by atomic mass is 32.1. The molecular formula is C15H18NS. The maximum Gasteiger partial charge on any atom is 0.123 e. The van der Waals surface area contributed by atoms with Crippen LogP contribution in [0.15, 0.2) is 35.7 Å². The molecule has 0 aliphatic rings. The summed E-state index contributed by atoms with van der Waals surface area (Å²) in [4.78, 5) is 4.68. The van der Waals surface area contributed by atoms with E-state index in [1.54, 1.807) is 11.3 Å². The van der Waals surface area contributed by atoms with Crippen LogP contribution in [0, 0.1) is 6.92 Å². The molecule has 0 spiro atoms. The first-order valence-electron chi connectivity index (χ1n) is 6.19. The molecule has 0 bridgehead atoms. The molecule has 1 heterocycles. The number of aryl methyl sites for hydroxylation is 1. The van der Waals surface area contributed by atoms with Gasteiger partial charge in [0.05, 0.1) is 5.69 Å². The monoisotopic (exact) mass is 244 g/mol. The van der Waals surface area contributed by atoms with Gasteiger partial charge in [0.1, 0.15) is 5.01 Å². The summed E-state index contributed by atoms with van der Waals surface area (Å²) in [6.45, 7) is 3.86. The second-order valence-electron chi connectivity index (χ2n) is 4.17. The predicted molar refractivity (Wildman–Crippen MR) is 75.1 cm³/mol. The van der Waals surface area contributed by atoms with Crippen molar-refractivity contribution in [2.24, 2.45) is 0 Å². The molecule has 2 aromatic rings. The molecule has 2 rings (SSSR count). The maximum atomic E-state index is 4.68. The van der Waals surface area contributed by atoms with Crippen LogP contribution in [-0.4, -0.2) is 4.98 Å². The van der Waals surface area contributed by atoms with Crippen molar-refractivity contribution in [2.75, 3.05) is 0 Å². The maximum absolute atomic E-state index is 4.68. The van der Waals surface area contributed by atoms with Crippen molar-refractivity contribution in [3.63, 3.8) is 0 Å². The molecule has 1 aromatic heterocycles. The fourth-order valence-electron chi connectivity index (χ4n) is 1.79. The largest absolute Gasteiger partial charge is 0.241 e. The Morgan fingerprint density at radius 1 is 1.06 bits per heavy atom. The number of thiazole rings is 1. The molecule has 0 unspecified atom stereocenters. The van der Waals surface area contributed by atoms with Gasteiger partial charge < -0.3 is 0 Å². The zero-order chi connectivity index (χ0) is 11.9. The lowest BCUT2D eigenvalue weighted by molar-refractivity contribution is 0.680. The average molecular weight is 244 g/mol. The van der Waals surface area contributed by atoms with E-state index < -0.39 is 0 Å². The Hall–Kier alpha value is -1.15. The molecule has 0 amide bonds. The van der Waals surface area contributed by atoms with E-state index in [9.17, 15) is 0 Å². The number of nitrogens with zero attached hydrogens (tertiary/aromatic N) is 1. The van der Waals surface area contributed by atoms with Crippen molar-refractivity contribution >= 4 is 11.3 Å². The molecule has 89 valence electrons. The summed E-state index contributed by atoms with van der Waals surface area (Å²) in [6.07, 6.45) is 5.88. The first kappa shape index (κ1) is 12.3. The zero-order valence-electron chi connectivity index (χ0n) is 10.1. The van der Waals surface area contributed by atoms with Crippen LogP contribution in [0.1, 0.15) is 31.4 Å². The summed E-state index contributed by atoms with van der Waals surface area (Å²) in [5.41, 5.74) is 2.46. The van der Waals surface area contributed by atoms with Gasteiger partial charge in [-0.2, -0.15) is 0 Å². The minimum Gasteiger partial charge on any atom is -0.241 e. The summed E-state index contributed by atoms with van der Waals surface area (Å²) in [6, 6.07) is 10.4. The highest BCUT2D eigenvalue weighted by Gasteiger charge is 2.03. The average Bonchev–Trinajstić information content (AvgIpc) is 2.85. The molecular weight excluding hydrogens is 226 g/mol. The van der Waals surface area contributed by atoms with Crippen molar-refractivity contribution in [1.82, 2.24) is 4.98 Å². The summed E-state index contributed by atoms with van der Waals surface area (Å²) in [5, 5.41) is 3.32. The van der Waals surface area contributed by atoms with Gasteiger partial charge in [0.15, 0.2) is 0 Å². The summed E-state index contributed by atoms with van der Waals surface area (Å²) < 4.78 is 0. The van der Waals surface area contributed by atoms with Gasteiger partial charge in [0, 0.05) is 10.9 Å². The number of aromatic nitrogens is 1. The van der Waals surface area contributed by atoms with Crippen molar-refractivity contribution in [3.05, 3.63) is 48.3 Å². The van der Waals surface area contributed by atoms with Crippen molar-refractivity contribution < 1.29 is 0 Å². The number of unbranched alkanes of at least 4 members (excludes halogenated alkanes) is 3. The van der Waals surface area contributed by atoms with Crippen LogP contribution < -0.4 is 0 Å². The van der Waals surface area contributed by atoms with E-state index in [0.29, 0.717) is 0 Å². The highest BCUT2D eigenvalue weighted by molar-refractivity contribution is 7.13. The Labute approximate surface area is 108 Å². The lowest BCUT2D eigenvalue weighted by Crippen LogP contribution is -1.86. The van der Waals surface area contributed by atoms with Crippen LogP contribution in [0.4, 0.5) is 0 Å².